The second-order valence-electron chi connectivity index (χ2n) is 5.47. The predicted octanol–water partition coefficient (Wildman–Crippen LogP) is 2.96. The molecule has 1 aromatic rings. The highest BCUT2D eigenvalue weighted by Crippen LogP contribution is 2.10. The number of benzene rings is 1. The van der Waals surface area contributed by atoms with Gasteiger partial charge >= 0.3 is 12.1 Å². The first kappa shape index (κ1) is 21.4. The average molecular weight is 338 g/mol. The van der Waals surface area contributed by atoms with Crippen molar-refractivity contribution in [1.29, 1.82) is 0 Å². The van der Waals surface area contributed by atoms with Crippen LogP contribution in [0.2, 0.25) is 0 Å². The Kier molecular flexibility index (Phi) is 9.15. The first-order valence-electron chi connectivity index (χ1n) is 7.66. The molecule has 134 valence electrons. The lowest BCUT2D eigenvalue weighted by Crippen LogP contribution is -2.37. The van der Waals surface area contributed by atoms with Crippen LogP contribution in [0, 0.1) is 0 Å². The van der Waals surface area contributed by atoms with E-state index in [0.29, 0.717) is 11.3 Å². The van der Waals surface area contributed by atoms with Crippen molar-refractivity contribution in [2.45, 2.75) is 40.2 Å². The molecule has 2 N–H and O–H groups in total. The number of ether oxygens (including phenoxy) is 2. The van der Waals surface area contributed by atoms with Gasteiger partial charge in [-0.15, -0.1) is 0 Å². The molecule has 0 bridgehead atoms. The third-order valence-electron chi connectivity index (χ3n) is 2.38. The topological polar surface area (TPSA) is 93.7 Å². The zero-order valence-corrected chi connectivity index (χ0v) is 15.1. The monoisotopic (exact) mass is 338 g/mol. The van der Waals surface area contributed by atoms with E-state index >= 15 is 0 Å². The second-order valence-corrected chi connectivity index (χ2v) is 5.47. The van der Waals surface area contributed by atoms with Gasteiger partial charge in [-0.25, -0.2) is 9.59 Å². The second kappa shape index (κ2) is 10.3. The Labute approximate surface area is 142 Å². The highest BCUT2D eigenvalue weighted by molar-refractivity contribution is 5.95. The molecular weight excluding hydrogens is 312 g/mol. The number of hydrogen-bond donors (Lipinski definition) is 2. The number of esters is 1. The first-order chi connectivity index (χ1) is 11.2. The summed E-state index contributed by atoms with van der Waals surface area (Å²) in [4.78, 5) is 34.4. The van der Waals surface area contributed by atoms with Gasteiger partial charge in [0.2, 0.25) is 5.91 Å². The maximum Gasteiger partial charge on any atom is 0.408 e. The number of amides is 2. The van der Waals surface area contributed by atoms with Gasteiger partial charge in [0.25, 0.3) is 0 Å². The minimum Gasteiger partial charge on any atom is -0.465 e. The van der Waals surface area contributed by atoms with E-state index in [1.165, 1.54) is 19.2 Å². The van der Waals surface area contributed by atoms with Crippen LogP contribution in [-0.4, -0.2) is 37.2 Å². The summed E-state index contributed by atoms with van der Waals surface area (Å²) >= 11 is 0. The minimum absolute atomic E-state index is 0.215. The Morgan fingerprint density at radius 1 is 1.04 bits per heavy atom. The van der Waals surface area contributed by atoms with E-state index in [9.17, 15) is 14.4 Å². The third kappa shape index (κ3) is 8.77. The lowest BCUT2D eigenvalue weighted by Gasteiger charge is -2.19. The van der Waals surface area contributed by atoms with Gasteiger partial charge in [-0.1, -0.05) is 13.8 Å². The zero-order valence-electron chi connectivity index (χ0n) is 15.1. The fourth-order valence-corrected chi connectivity index (χ4v) is 1.48. The van der Waals surface area contributed by atoms with Crippen LogP contribution in [0.1, 0.15) is 45.0 Å². The minimum atomic E-state index is -0.663. The van der Waals surface area contributed by atoms with Crippen molar-refractivity contribution in [3.63, 3.8) is 0 Å². The average Bonchev–Trinajstić information content (AvgIpc) is 2.53. The third-order valence-corrected chi connectivity index (χ3v) is 2.38. The van der Waals surface area contributed by atoms with E-state index in [0.717, 1.165) is 0 Å². The molecule has 0 saturated heterocycles. The van der Waals surface area contributed by atoms with Gasteiger partial charge in [-0.2, -0.15) is 0 Å². The SMILES string of the molecule is CC.COC(=O)c1ccc(NC(=O)CNC(=O)OC(C)(C)C)cc1. The molecule has 1 rings (SSSR count). The molecule has 24 heavy (non-hydrogen) atoms. The zero-order chi connectivity index (χ0) is 18.8. The first-order valence-corrected chi connectivity index (χ1v) is 7.66. The molecule has 7 nitrogen and oxygen atoms in total. The molecule has 0 aromatic heterocycles. The van der Waals surface area contributed by atoms with Crippen LogP contribution in [0.15, 0.2) is 24.3 Å². The van der Waals surface area contributed by atoms with Crippen molar-refractivity contribution in [3.05, 3.63) is 29.8 Å². The maximum atomic E-state index is 11.7. The molecule has 0 aliphatic carbocycles. The molecular formula is C17H26N2O5. The van der Waals surface area contributed by atoms with Gasteiger partial charge in [0, 0.05) is 5.69 Å². The Morgan fingerprint density at radius 3 is 2.04 bits per heavy atom. The molecule has 0 fully saturated rings. The van der Waals surface area contributed by atoms with Gasteiger partial charge < -0.3 is 20.1 Å². The van der Waals surface area contributed by atoms with Gasteiger partial charge in [-0.05, 0) is 45.0 Å². The molecule has 0 aliphatic rings. The Hall–Kier alpha value is -2.57. The van der Waals surface area contributed by atoms with Gasteiger partial charge in [0.15, 0.2) is 0 Å². The number of nitrogens with one attached hydrogen (secondary N) is 2. The normalized spacial score (nSPS) is 9.92. The molecule has 0 atom stereocenters. The van der Waals surface area contributed by atoms with Crippen LogP contribution in [0.25, 0.3) is 0 Å². The number of methoxy groups -OCH3 is 1. The fourth-order valence-electron chi connectivity index (χ4n) is 1.48. The maximum absolute atomic E-state index is 11.7. The summed E-state index contributed by atoms with van der Waals surface area (Å²) in [5.74, 6) is -0.860. The summed E-state index contributed by atoms with van der Waals surface area (Å²) in [6.45, 7) is 8.98. The van der Waals surface area contributed by atoms with Crippen LogP contribution in [0.3, 0.4) is 0 Å². The molecule has 0 unspecified atom stereocenters. The number of rotatable bonds is 4. The largest absolute Gasteiger partial charge is 0.465 e. The number of carbonyl (C=O) groups excluding carboxylic acids is 3. The van der Waals surface area contributed by atoms with Crippen molar-refractivity contribution in [2.24, 2.45) is 0 Å². The van der Waals surface area contributed by atoms with E-state index in [4.69, 9.17) is 4.74 Å². The van der Waals surface area contributed by atoms with Crippen molar-refractivity contribution in [2.75, 3.05) is 19.0 Å². The van der Waals surface area contributed by atoms with E-state index in [-0.39, 0.29) is 6.54 Å². The number of anilines is 1. The highest BCUT2D eigenvalue weighted by atomic mass is 16.6. The predicted molar refractivity (Wildman–Crippen MR) is 92.0 cm³/mol. The molecule has 0 aliphatic heterocycles. The van der Waals surface area contributed by atoms with Crippen LogP contribution in [-0.2, 0) is 14.3 Å². The Bertz CT molecular complexity index is 547. The smallest absolute Gasteiger partial charge is 0.408 e. The molecule has 7 heteroatoms. The highest BCUT2D eigenvalue weighted by Gasteiger charge is 2.16. The number of alkyl carbamates (subject to hydrolysis) is 1. The van der Waals surface area contributed by atoms with Crippen LogP contribution in [0.4, 0.5) is 10.5 Å². The van der Waals surface area contributed by atoms with Crippen molar-refractivity contribution in [3.8, 4) is 0 Å². The number of carbonyl (C=O) groups is 3. The van der Waals surface area contributed by atoms with E-state index in [1.807, 2.05) is 13.8 Å². The molecule has 0 spiro atoms. The fraction of sp³-hybridized carbons (Fsp3) is 0.471. The summed E-state index contributed by atoms with van der Waals surface area (Å²) in [7, 11) is 1.29. The summed E-state index contributed by atoms with van der Waals surface area (Å²) in [6.07, 6.45) is -0.663. The standard InChI is InChI=1S/C15H20N2O5.C2H6/c1-15(2,3)22-14(20)16-9-12(18)17-11-7-5-10(6-8-11)13(19)21-4;1-2/h5-8H,9H2,1-4H3,(H,16,20)(H,17,18);1-2H3. The van der Waals surface area contributed by atoms with Crippen molar-refractivity contribution in [1.82, 2.24) is 5.32 Å². The molecule has 2 amide bonds. The summed E-state index contributed by atoms with van der Waals surface area (Å²) in [5.41, 5.74) is 0.264. The van der Waals surface area contributed by atoms with E-state index < -0.39 is 23.6 Å². The van der Waals surface area contributed by atoms with E-state index in [2.05, 4.69) is 15.4 Å². The molecule has 0 heterocycles. The quantitative estimate of drug-likeness (QED) is 0.823. The Balaban J connectivity index is 0.00000254. The van der Waals surface area contributed by atoms with Crippen LogP contribution < -0.4 is 10.6 Å². The summed E-state index contributed by atoms with van der Waals surface area (Å²) in [6, 6.07) is 6.20. The van der Waals surface area contributed by atoms with Gasteiger partial charge in [0.05, 0.1) is 12.7 Å². The summed E-state index contributed by atoms with van der Waals surface area (Å²) < 4.78 is 9.59. The van der Waals surface area contributed by atoms with Crippen molar-refractivity contribution < 1.29 is 23.9 Å². The van der Waals surface area contributed by atoms with Gasteiger partial charge in [-0.3, -0.25) is 4.79 Å². The lowest BCUT2D eigenvalue weighted by molar-refractivity contribution is -0.115. The molecule has 0 radical (unpaired) electrons. The van der Waals surface area contributed by atoms with E-state index in [1.54, 1.807) is 32.9 Å². The van der Waals surface area contributed by atoms with Crippen molar-refractivity contribution >= 4 is 23.7 Å². The molecule has 0 saturated carbocycles. The lowest BCUT2D eigenvalue weighted by atomic mass is 10.2. The molecule has 1 aromatic carbocycles. The van der Waals surface area contributed by atoms with Crippen LogP contribution in [0.5, 0.6) is 0 Å². The summed E-state index contributed by atoms with van der Waals surface area (Å²) in [5, 5.41) is 4.93. The number of hydrogen-bond acceptors (Lipinski definition) is 5. The Morgan fingerprint density at radius 2 is 1.58 bits per heavy atom. The van der Waals surface area contributed by atoms with Crippen LogP contribution >= 0.6 is 0 Å². The van der Waals surface area contributed by atoms with Gasteiger partial charge in [0.1, 0.15) is 12.1 Å².